The van der Waals surface area contributed by atoms with E-state index in [0.717, 1.165) is 21.9 Å². The summed E-state index contributed by atoms with van der Waals surface area (Å²) in [7, 11) is 0. The van der Waals surface area contributed by atoms with Crippen molar-refractivity contribution in [1.29, 1.82) is 0 Å². The van der Waals surface area contributed by atoms with Crippen LogP contribution in [0.1, 0.15) is 57.4 Å². The monoisotopic (exact) mass is 543 g/mol. The highest BCUT2D eigenvalue weighted by atomic mass is 16.6. The molecule has 3 rings (SSSR count). The lowest BCUT2D eigenvalue weighted by Crippen LogP contribution is -2.54. The summed E-state index contributed by atoms with van der Waals surface area (Å²) in [6, 6.07) is 17.6. The highest BCUT2D eigenvalue weighted by Gasteiger charge is 2.37. The number of anilines is 1. The first kappa shape index (κ1) is 30.4. The van der Waals surface area contributed by atoms with Crippen LogP contribution in [0.3, 0.4) is 0 Å². The molecular weight excluding hydrogens is 502 g/mol. The van der Waals surface area contributed by atoms with Crippen LogP contribution >= 0.6 is 0 Å². The number of ether oxygens (including phenoxy) is 1. The Balaban J connectivity index is 2.05. The normalized spacial score (nSPS) is 12.9. The maximum atomic E-state index is 14.1. The van der Waals surface area contributed by atoms with Crippen molar-refractivity contribution in [1.82, 2.24) is 10.2 Å². The van der Waals surface area contributed by atoms with Crippen molar-refractivity contribution in [3.8, 4) is 0 Å². The maximum Gasteiger partial charge on any atom is 0.408 e. The molecule has 0 saturated heterocycles. The molecule has 0 aliphatic carbocycles. The summed E-state index contributed by atoms with van der Waals surface area (Å²) in [4.78, 5) is 42.4. The lowest BCUT2D eigenvalue weighted by Gasteiger charge is -2.35. The quantitative estimate of drug-likeness (QED) is 0.294. The fourth-order valence-electron chi connectivity index (χ4n) is 4.57. The van der Waals surface area contributed by atoms with Crippen LogP contribution in [0.4, 0.5) is 10.5 Å². The number of benzene rings is 3. The Labute approximate surface area is 237 Å². The van der Waals surface area contributed by atoms with Gasteiger partial charge in [0.15, 0.2) is 0 Å². The molecule has 0 saturated carbocycles. The number of nitrogens with zero attached hydrogens (tertiary/aromatic N) is 1. The predicted molar refractivity (Wildman–Crippen MR) is 161 cm³/mol. The van der Waals surface area contributed by atoms with Crippen molar-refractivity contribution >= 4 is 34.4 Å². The van der Waals surface area contributed by atoms with Crippen LogP contribution in [0, 0.1) is 19.8 Å². The number of carbonyl (C=O) groups excluding carboxylic acids is 3. The van der Waals surface area contributed by atoms with Crippen molar-refractivity contribution in [2.45, 2.75) is 66.2 Å². The molecule has 2 unspecified atom stereocenters. The summed E-state index contributed by atoms with van der Waals surface area (Å²) in [6.45, 7) is 16.8. The van der Waals surface area contributed by atoms with Crippen LogP contribution in [0.5, 0.6) is 0 Å². The van der Waals surface area contributed by atoms with E-state index in [2.05, 4.69) is 17.2 Å². The summed E-state index contributed by atoms with van der Waals surface area (Å²) in [5.74, 6) is -1.03. The Morgan fingerprint density at radius 1 is 0.975 bits per heavy atom. The fourth-order valence-corrected chi connectivity index (χ4v) is 4.57. The number of nitrogens with one attached hydrogen (secondary N) is 2. The van der Waals surface area contributed by atoms with Crippen LogP contribution in [0.2, 0.25) is 0 Å². The molecule has 3 amide bonds. The van der Waals surface area contributed by atoms with E-state index < -0.39 is 29.7 Å². The summed E-state index contributed by atoms with van der Waals surface area (Å²) in [6.07, 6.45) is 0.895. The molecule has 0 heterocycles. The van der Waals surface area contributed by atoms with Crippen LogP contribution < -0.4 is 10.6 Å². The Morgan fingerprint density at radius 2 is 1.65 bits per heavy atom. The zero-order valence-corrected chi connectivity index (χ0v) is 24.6. The molecule has 0 fully saturated rings. The van der Waals surface area contributed by atoms with Gasteiger partial charge in [0.25, 0.3) is 5.91 Å². The largest absolute Gasteiger partial charge is 0.444 e. The summed E-state index contributed by atoms with van der Waals surface area (Å²) in [5, 5.41) is 7.82. The van der Waals surface area contributed by atoms with Crippen LogP contribution in [-0.2, 0) is 14.3 Å². The Morgan fingerprint density at radius 3 is 2.27 bits per heavy atom. The molecule has 0 aliphatic rings. The van der Waals surface area contributed by atoms with Gasteiger partial charge in [-0.1, -0.05) is 74.0 Å². The average molecular weight is 544 g/mol. The summed E-state index contributed by atoms with van der Waals surface area (Å²) >= 11 is 0. The van der Waals surface area contributed by atoms with Gasteiger partial charge in [-0.2, -0.15) is 0 Å². The zero-order valence-electron chi connectivity index (χ0n) is 24.6. The topological polar surface area (TPSA) is 87.7 Å². The number of alkyl carbamates (subject to hydrolysis) is 1. The van der Waals surface area contributed by atoms with Crippen LogP contribution in [0.15, 0.2) is 73.3 Å². The Hall–Kier alpha value is -4.13. The van der Waals surface area contributed by atoms with E-state index in [1.807, 2.05) is 88.4 Å². The van der Waals surface area contributed by atoms with Crippen molar-refractivity contribution in [2.24, 2.45) is 5.92 Å². The zero-order chi connectivity index (χ0) is 29.6. The molecule has 3 aromatic carbocycles. The number of aryl methyl sites for hydroxylation is 2. The average Bonchev–Trinajstić information content (AvgIpc) is 2.87. The highest BCUT2D eigenvalue weighted by Crippen LogP contribution is 2.29. The Bertz CT molecular complexity index is 1390. The standard InChI is InChI=1S/C33H41N3O4/c1-9-18-36(31(38)28(21(2)3)35-32(39)40-33(6,7)8)29(27-19-22(4)14-15-23(27)5)30(37)34-26-17-16-24-12-10-11-13-25(24)20-26/h9-17,19-21,28-29H,1,18H2,2-8H3,(H,34,37)(H,35,39). The Kier molecular flexibility index (Phi) is 9.74. The second-order valence-electron chi connectivity index (χ2n) is 11.5. The van der Waals surface area contributed by atoms with E-state index in [4.69, 9.17) is 4.74 Å². The molecule has 212 valence electrons. The number of rotatable bonds is 9. The van der Waals surface area contributed by atoms with E-state index in [-0.39, 0.29) is 18.4 Å². The van der Waals surface area contributed by atoms with Gasteiger partial charge in [-0.15, -0.1) is 6.58 Å². The van der Waals surface area contributed by atoms with Crippen molar-refractivity contribution in [3.05, 3.63) is 90.0 Å². The van der Waals surface area contributed by atoms with Gasteiger partial charge in [-0.05, 0) is 74.6 Å². The molecule has 0 spiro atoms. The fraction of sp³-hybridized carbons (Fsp3) is 0.364. The molecule has 0 radical (unpaired) electrons. The lowest BCUT2D eigenvalue weighted by atomic mass is 9.94. The number of hydrogen-bond acceptors (Lipinski definition) is 4. The third-order valence-electron chi connectivity index (χ3n) is 6.52. The number of fused-ring (bicyclic) bond motifs is 1. The highest BCUT2D eigenvalue weighted by molar-refractivity contribution is 6.00. The van der Waals surface area contributed by atoms with Gasteiger partial charge in [-0.25, -0.2) is 4.79 Å². The van der Waals surface area contributed by atoms with E-state index in [1.165, 1.54) is 4.90 Å². The van der Waals surface area contributed by atoms with Crippen LogP contribution in [-0.4, -0.2) is 41.0 Å². The molecule has 7 heteroatoms. The molecule has 40 heavy (non-hydrogen) atoms. The second kappa shape index (κ2) is 12.8. The first-order chi connectivity index (χ1) is 18.8. The molecule has 3 aromatic rings. The van der Waals surface area contributed by atoms with Gasteiger partial charge in [-0.3, -0.25) is 9.59 Å². The maximum absolute atomic E-state index is 14.1. The second-order valence-corrected chi connectivity index (χ2v) is 11.5. The van der Waals surface area contributed by atoms with Gasteiger partial charge in [0, 0.05) is 12.2 Å². The van der Waals surface area contributed by atoms with Gasteiger partial charge in [0.1, 0.15) is 17.7 Å². The van der Waals surface area contributed by atoms with E-state index >= 15 is 0 Å². The minimum Gasteiger partial charge on any atom is -0.444 e. The van der Waals surface area contributed by atoms with Gasteiger partial charge >= 0.3 is 6.09 Å². The molecule has 2 atom stereocenters. The molecule has 0 bridgehead atoms. The van der Waals surface area contributed by atoms with E-state index in [9.17, 15) is 14.4 Å². The van der Waals surface area contributed by atoms with Crippen molar-refractivity contribution in [3.63, 3.8) is 0 Å². The van der Waals surface area contributed by atoms with E-state index in [1.54, 1.807) is 26.8 Å². The number of amides is 3. The predicted octanol–water partition coefficient (Wildman–Crippen LogP) is 6.70. The third kappa shape index (κ3) is 7.72. The molecule has 0 aliphatic heterocycles. The summed E-state index contributed by atoms with van der Waals surface area (Å²) < 4.78 is 5.43. The summed E-state index contributed by atoms with van der Waals surface area (Å²) in [5.41, 5.74) is 2.43. The minimum atomic E-state index is -0.974. The van der Waals surface area contributed by atoms with Gasteiger partial charge < -0.3 is 20.3 Å². The van der Waals surface area contributed by atoms with Gasteiger partial charge in [0.05, 0.1) is 0 Å². The van der Waals surface area contributed by atoms with E-state index in [0.29, 0.717) is 11.3 Å². The number of carbonyl (C=O) groups is 3. The molecular formula is C33H41N3O4. The minimum absolute atomic E-state index is 0.0985. The molecule has 2 N–H and O–H groups in total. The first-order valence-corrected chi connectivity index (χ1v) is 13.6. The van der Waals surface area contributed by atoms with Crippen molar-refractivity contribution < 1.29 is 19.1 Å². The third-order valence-corrected chi connectivity index (χ3v) is 6.52. The molecule has 7 nitrogen and oxygen atoms in total. The first-order valence-electron chi connectivity index (χ1n) is 13.6. The SMILES string of the molecule is C=CCN(C(=O)C(NC(=O)OC(C)(C)C)C(C)C)C(C(=O)Nc1ccc2ccccc2c1)c1cc(C)ccc1C. The van der Waals surface area contributed by atoms with Crippen LogP contribution in [0.25, 0.3) is 10.8 Å². The number of hydrogen-bond donors (Lipinski definition) is 2. The molecule has 0 aromatic heterocycles. The smallest absolute Gasteiger partial charge is 0.408 e. The van der Waals surface area contributed by atoms with Gasteiger partial charge in [0.2, 0.25) is 5.91 Å². The van der Waals surface area contributed by atoms with Crippen molar-refractivity contribution in [2.75, 3.05) is 11.9 Å². The lowest BCUT2D eigenvalue weighted by molar-refractivity contribution is -0.141.